The van der Waals surface area contributed by atoms with Crippen LogP contribution < -0.4 is 9.62 Å². The van der Waals surface area contributed by atoms with E-state index in [4.69, 9.17) is 0 Å². The predicted octanol–water partition coefficient (Wildman–Crippen LogP) is 1.90. The van der Waals surface area contributed by atoms with E-state index in [0.29, 0.717) is 48.1 Å². The van der Waals surface area contributed by atoms with E-state index in [0.717, 1.165) is 25.9 Å². The summed E-state index contributed by atoms with van der Waals surface area (Å²) in [7, 11) is -4.79. The second kappa shape index (κ2) is 7.93. The minimum absolute atomic E-state index is 0.172. The van der Waals surface area contributed by atoms with Crippen LogP contribution in [-0.2, 0) is 19.9 Å². The van der Waals surface area contributed by atoms with Crippen molar-refractivity contribution in [2.45, 2.75) is 78.5 Å². The summed E-state index contributed by atoms with van der Waals surface area (Å²) in [6, 6.07) is 2.07. The van der Waals surface area contributed by atoms with E-state index in [9.17, 15) is 16.8 Å². The lowest BCUT2D eigenvalue weighted by Gasteiger charge is -2.49. The van der Waals surface area contributed by atoms with Gasteiger partial charge < -0.3 is 4.90 Å². The molecule has 1 N–H and O–H groups in total. The lowest BCUT2D eigenvalue weighted by Crippen LogP contribution is -2.59. The van der Waals surface area contributed by atoms with Gasteiger partial charge >= 0.3 is 0 Å². The van der Waals surface area contributed by atoms with Crippen LogP contribution in [0, 0.1) is 0 Å². The summed E-state index contributed by atoms with van der Waals surface area (Å²) < 4.78 is 55.1. The number of fused-ring (bicyclic) bond motifs is 4. The van der Waals surface area contributed by atoms with E-state index in [2.05, 4.69) is 42.5 Å². The fourth-order valence-corrected chi connectivity index (χ4v) is 10.3. The van der Waals surface area contributed by atoms with E-state index in [1.165, 1.54) is 6.42 Å². The molecule has 172 valence electrons. The zero-order valence-electron chi connectivity index (χ0n) is 17.6. The molecule has 4 aliphatic rings. The normalized spacial score (nSPS) is 35.3. The van der Waals surface area contributed by atoms with Crippen molar-refractivity contribution in [3.8, 4) is 0 Å². The highest BCUT2D eigenvalue weighted by molar-refractivity contribution is 9.10. The average molecular weight is 534 g/mol. The SMILES string of the molecule is CN1C2CCCC1CN(c1ncc(Br)cc1S(=O)(=O)NC1CC3CCC(C1)S3(=O)=O)C2. The molecule has 4 aliphatic heterocycles. The number of piperidine rings is 1. The minimum atomic E-state index is -3.85. The summed E-state index contributed by atoms with van der Waals surface area (Å²) in [6.45, 7) is 1.52. The van der Waals surface area contributed by atoms with Gasteiger partial charge in [0.15, 0.2) is 9.84 Å². The number of piperazine rings is 1. The second-order valence-corrected chi connectivity index (χ2v) is 14.6. The summed E-state index contributed by atoms with van der Waals surface area (Å²) in [5, 5.41) is -0.841. The maximum atomic E-state index is 13.5. The zero-order chi connectivity index (χ0) is 22.0. The lowest BCUT2D eigenvalue weighted by atomic mass is 9.92. The number of rotatable bonds is 4. The molecule has 4 bridgehead atoms. The van der Waals surface area contributed by atoms with E-state index < -0.39 is 30.4 Å². The van der Waals surface area contributed by atoms with Crippen LogP contribution in [0.15, 0.2) is 21.6 Å². The highest BCUT2D eigenvalue weighted by atomic mass is 79.9. The Bertz CT molecular complexity index is 1050. The number of nitrogens with one attached hydrogen (secondary N) is 1. The van der Waals surface area contributed by atoms with Crippen molar-refractivity contribution < 1.29 is 16.8 Å². The standard InChI is InChI=1S/C20H29BrN4O4S2/c1-24-15-3-2-4-16(24)12-25(11-15)20-19(7-13(21)10-22-20)31(28,29)23-14-8-17-5-6-18(9-14)30(17,26)27/h7,10,14-18,23H,2-6,8-9,11-12H2,1H3. The molecule has 0 amide bonds. The summed E-state index contributed by atoms with van der Waals surface area (Å²) in [5.41, 5.74) is 0. The molecule has 0 spiro atoms. The summed E-state index contributed by atoms with van der Waals surface area (Å²) >= 11 is 3.38. The summed E-state index contributed by atoms with van der Waals surface area (Å²) in [6.07, 6.45) is 7.06. The lowest BCUT2D eigenvalue weighted by molar-refractivity contribution is 0.0944. The van der Waals surface area contributed by atoms with Crippen LogP contribution in [-0.4, -0.2) is 75.5 Å². The Morgan fingerprint density at radius 1 is 1.10 bits per heavy atom. The fraction of sp³-hybridized carbons (Fsp3) is 0.750. The number of sulfone groups is 1. The molecule has 0 radical (unpaired) electrons. The third-order valence-electron chi connectivity index (χ3n) is 7.63. The molecule has 0 saturated carbocycles. The summed E-state index contributed by atoms with van der Waals surface area (Å²) in [5.74, 6) is 0.493. The number of nitrogens with zero attached hydrogens (tertiary/aromatic N) is 3. The minimum Gasteiger partial charge on any atom is -0.352 e. The summed E-state index contributed by atoms with van der Waals surface area (Å²) in [4.78, 5) is 9.23. The third-order valence-corrected chi connectivity index (χ3v) is 12.3. The molecule has 0 aromatic carbocycles. The van der Waals surface area contributed by atoms with Crippen LogP contribution in [0.2, 0.25) is 0 Å². The Morgan fingerprint density at radius 2 is 1.71 bits per heavy atom. The molecule has 0 aliphatic carbocycles. The highest BCUT2D eigenvalue weighted by Crippen LogP contribution is 2.39. The zero-order valence-corrected chi connectivity index (χ0v) is 20.8. The quantitative estimate of drug-likeness (QED) is 0.631. The number of sulfonamides is 1. The van der Waals surface area contributed by atoms with Gasteiger partial charge in [-0.25, -0.2) is 26.5 Å². The average Bonchev–Trinajstić information content (AvgIpc) is 2.85. The number of anilines is 1. The highest BCUT2D eigenvalue weighted by Gasteiger charge is 2.48. The Morgan fingerprint density at radius 3 is 2.32 bits per heavy atom. The molecule has 4 unspecified atom stereocenters. The van der Waals surface area contributed by atoms with Gasteiger partial charge in [-0.05, 0) is 67.6 Å². The first kappa shape index (κ1) is 22.1. The van der Waals surface area contributed by atoms with E-state index in [1.54, 1.807) is 12.3 Å². The Labute approximate surface area is 192 Å². The number of hydrogen-bond acceptors (Lipinski definition) is 7. The van der Waals surface area contributed by atoms with Crippen LogP contribution in [0.1, 0.15) is 44.9 Å². The van der Waals surface area contributed by atoms with Gasteiger partial charge in [-0.3, -0.25) is 4.90 Å². The molecule has 1 aromatic heterocycles. The fourth-order valence-electron chi connectivity index (χ4n) is 5.93. The number of halogens is 1. The number of pyridine rings is 1. The van der Waals surface area contributed by atoms with Crippen LogP contribution >= 0.6 is 15.9 Å². The Balaban J connectivity index is 1.42. The van der Waals surface area contributed by atoms with Gasteiger partial charge in [-0.1, -0.05) is 6.42 Å². The Hall–Kier alpha value is -0.750. The smallest absolute Gasteiger partial charge is 0.244 e. The first-order chi connectivity index (χ1) is 14.6. The predicted molar refractivity (Wildman–Crippen MR) is 122 cm³/mol. The first-order valence-electron chi connectivity index (χ1n) is 11.0. The van der Waals surface area contributed by atoms with Gasteiger partial charge in [0, 0.05) is 41.9 Å². The number of aromatic nitrogens is 1. The van der Waals surface area contributed by atoms with Gasteiger partial charge in [-0.2, -0.15) is 0 Å². The topological polar surface area (TPSA) is 99.7 Å². The maximum Gasteiger partial charge on any atom is 0.244 e. The molecular formula is C20H29BrN4O4S2. The second-order valence-electron chi connectivity index (χ2n) is 9.48. The van der Waals surface area contributed by atoms with E-state index in [-0.39, 0.29) is 10.9 Å². The monoisotopic (exact) mass is 532 g/mol. The van der Waals surface area contributed by atoms with E-state index in [1.807, 2.05) is 0 Å². The van der Waals surface area contributed by atoms with Gasteiger partial charge in [0.25, 0.3) is 0 Å². The van der Waals surface area contributed by atoms with Gasteiger partial charge in [0.05, 0.1) is 10.5 Å². The van der Waals surface area contributed by atoms with Gasteiger partial charge in [0.2, 0.25) is 10.0 Å². The molecule has 11 heteroatoms. The van der Waals surface area contributed by atoms with Crippen molar-refractivity contribution in [1.29, 1.82) is 0 Å². The first-order valence-corrected chi connectivity index (χ1v) is 14.9. The molecule has 4 fully saturated rings. The molecule has 31 heavy (non-hydrogen) atoms. The van der Waals surface area contributed by atoms with Crippen LogP contribution in [0.3, 0.4) is 0 Å². The van der Waals surface area contributed by atoms with Crippen molar-refractivity contribution in [2.75, 3.05) is 25.0 Å². The van der Waals surface area contributed by atoms with Crippen LogP contribution in [0.4, 0.5) is 5.82 Å². The van der Waals surface area contributed by atoms with Crippen molar-refractivity contribution in [3.63, 3.8) is 0 Å². The number of hydrogen-bond donors (Lipinski definition) is 1. The van der Waals surface area contributed by atoms with Crippen molar-refractivity contribution >= 4 is 41.6 Å². The third kappa shape index (κ3) is 3.94. The molecule has 1 aromatic rings. The van der Waals surface area contributed by atoms with Crippen molar-refractivity contribution in [1.82, 2.24) is 14.6 Å². The molecule has 5 heterocycles. The number of likely N-dealkylation sites (N-methyl/N-ethyl adjacent to an activating group) is 1. The Kier molecular flexibility index (Phi) is 5.64. The molecular weight excluding hydrogens is 504 g/mol. The molecule has 8 nitrogen and oxygen atoms in total. The van der Waals surface area contributed by atoms with E-state index >= 15 is 0 Å². The largest absolute Gasteiger partial charge is 0.352 e. The van der Waals surface area contributed by atoms with Crippen molar-refractivity contribution in [2.24, 2.45) is 0 Å². The van der Waals surface area contributed by atoms with Gasteiger partial charge in [0.1, 0.15) is 10.7 Å². The van der Waals surface area contributed by atoms with Crippen LogP contribution in [0.25, 0.3) is 0 Å². The van der Waals surface area contributed by atoms with Crippen molar-refractivity contribution in [3.05, 3.63) is 16.7 Å². The molecule has 4 atom stereocenters. The van der Waals surface area contributed by atoms with Crippen LogP contribution in [0.5, 0.6) is 0 Å². The van der Waals surface area contributed by atoms with Gasteiger partial charge in [-0.15, -0.1) is 0 Å². The molecule has 4 saturated heterocycles. The maximum absolute atomic E-state index is 13.5. The molecule has 5 rings (SSSR count).